The first kappa shape index (κ1) is 12.4. The summed E-state index contributed by atoms with van der Waals surface area (Å²) in [7, 11) is 0. The van der Waals surface area contributed by atoms with Crippen LogP contribution in [-0.2, 0) is 16.1 Å². The summed E-state index contributed by atoms with van der Waals surface area (Å²) in [6, 6.07) is 0. The SMILES string of the molecule is CC(=O)Cn1cnc2c(Cl)nc(NC(C)=O)nc21. The molecule has 0 spiro atoms. The molecule has 1 amide bonds. The molecular formula is C10H10ClN5O2. The Morgan fingerprint density at radius 1 is 1.39 bits per heavy atom. The zero-order valence-electron chi connectivity index (χ0n) is 9.77. The fraction of sp³-hybridized carbons (Fsp3) is 0.300. The first-order valence-electron chi connectivity index (χ1n) is 5.13. The van der Waals surface area contributed by atoms with Gasteiger partial charge < -0.3 is 4.57 Å². The number of nitrogens with one attached hydrogen (secondary N) is 1. The summed E-state index contributed by atoms with van der Waals surface area (Å²) < 4.78 is 1.55. The van der Waals surface area contributed by atoms with Gasteiger partial charge in [0.25, 0.3) is 0 Å². The van der Waals surface area contributed by atoms with Crippen LogP contribution in [0.3, 0.4) is 0 Å². The van der Waals surface area contributed by atoms with E-state index in [1.165, 1.54) is 20.2 Å². The van der Waals surface area contributed by atoms with Crippen LogP contribution >= 0.6 is 11.6 Å². The first-order valence-corrected chi connectivity index (χ1v) is 5.50. The highest BCUT2D eigenvalue weighted by molar-refractivity contribution is 6.33. The number of hydrogen-bond acceptors (Lipinski definition) is 5. The Bertz CT molecular complexity index is 636. The van der Waals surface area contributed by atoms with Crippen LogP contribution in [0.25, 0.3) is 11.2 Å². The first-order chi connectivity index (χ1) is 8.47. The van der Waals surface area contributed by atoms with E-state index < -0.39 is 0 Å². The summed E-state index contributed by atoms with van der Waals surface area (Å²) in [6.45, 7) is 2.95. The molecule has 0 aliphatic carbocycles. The number of carbonyl (C=O) groups excluding carboxylic acids is 2. The van der Waals surface area contributed by atoms with E-state index in [1.807, 2.05) is 0 Å². The molecule has 0 bridgehead atoms. The van der Waals surface area contributed by atoms with Crippen LogP contribution in [0.4, 0.5) is 5.95 Å². The molecule has 0 aliphatic heterocycles. The molecule has 7 nitrogen and oxygen atoms in total. The Labute approximate surface area is 107 Å². The highest BCUT2D eigenvalue weighted by Crippen LogP contribution is 2.20. The van der Waals surface area contributed by atoms with E-state index in [9.17, 15) is 9.59 Å². The third-order valence-corrected chi connectivity index (χ3v) is 2.37. The van der Waals surface area contributed by atoms with Crippen molar-refractivity contribution >= 4 is 40.4 Å². The maximum atomic E-state index is 11.1. The van der Waals surface area contributed by atoms with Gasteiger partial charge in [0.05, 0.1) is 12.9 Å². The van der Waals surface area contributed by atoms with E-state index in [4.69, 9.17) is 11.6 Å². The van der Waals surface area contributed by atoms with Gasteiger partial charge in [-0.05, 0) is 6.92 Å². The summed E-state index contributed by atoms with van der Waals surface area (Å²) in [5, 5.41) is 2.57. The Balaban J connectivity index is 2.53. The Morgan fingerprint density at radius 3 is 2.72 bits per heavy atom. The van der Waals surface area contributed by atoms with Crippen LogP contribution < -0.4 is 5.32 Å². The van der Waals surface area contributed by atoms with Crippen molar-refractivity contribution in [2.24, 2.45) is 0 Å². The number of rotatable bonds is 3. The van der Waals surface area contributed by atoms with Crippen molar-refractivity contribution in [2.75, 3.05) is 5.32 Å². The van der Waals surface area contributed by atoms with Gasteiger partial charge >= 0.3 is 0 Å². The van der Waals surface area contributed by atoms with Crippen LogP contribution in [0.1, 0.15) is 13.8 Å². The standard InChI is InChI=1S/C10H10ClN5O2/c1-5(17)3-16-4-12-7-8(11)14-10(13-6(2)18)15-9(7)16/h4H,3H2,1-2H3,(H,13,14,15,18). The molecule has 0 saturated heterocycles. The van der Waals surface area contributed by atoms with E-state index in [-0.39, 0.29) is 29.3 Å². The van der Waals surface area contributed by atoms with Crippen molar-refractivity contribution in [1.29, 1.82) is 0 Å². The fourth-order valence-electron chi connectivity index (χ4n) is 1.48. The van der Waals surface area contributed by atoms with Crippen LogP contribution in [0, 0.1) is 0 Å². The average Bonchev–Trinajstić information content (AvgIpc) is 2.60. The molecular weight excluding hydrogens is 258 g/mol. The molecule has 0 radical (unpaired) electrons. The number of carbonyl (C=O) groups is 2. The second-order valence-electron chi connectivity index (χ2n) is 3.77. The number of hydrogen-bond donors (Lipinski definition) is 1. The molecule has 2 heterocycles. The summed E-state index contributed by atoms with van der Waals surface area (Å²) in [5.41, 5.74) is 0.806. The number of Topliss-reactive ketones (excluding diaryl/α,β-unsaturated/α-hetero) is 1. The van der Waals surface area contributed by atoms with E-state index in [0.717, 1.165) is 0 Å². The molecule has 0 aromatic carbocycles. The summed E-state index contributed by atoms with van der Waals surface area (Å²) >= 11 is 5.93. The smallest absolute Gasteiger partial charge is 0.232 e. The van der Waals surface area contributed by atoms with Gasteiger partial charge in [0.2, 0.25) is 11.9 Å². The lowest BCUT2D eigenvalue weighted by atomic mass is 10.4. The lowest BCUT2D eigenvalue weighted by Crippen LogP contribution is -2.11. The monoisotopic (exact) mass is 267 g/mol. The van der Waals surface area contributed by atoms with E-state index in [1.54, 1.807) is 4.57 Å². The van der Waals surface area contributed by atoms with Crippen LogP contribution in [0.5, 0.6) is 0 Å². The van der Waals surface area contributed by atoms with Gasteiger partial charge in [-0.15, -0.1) is 0 Å². The van der Waals surface area contributed by atoms with Gasteiger partial charge in [-0.1, -0.05) is 11.6 Å². The Kier molecular flexibility index (Phi) is 3.24. The molecule has 0 atom stereocenters. The number of ketones is 1. The minimum Gasteiger partial charge on any atom is -0.308 e. The van der Waals surface area contributed by atoms with Crippen molar-refractivity contribution in [2.45, 2.75) is 20.4 Å². The quantitative estimate of drug-likeness (QED) is 0.839. The minimum absolute atomic E-state index is 0.0369. The van der Waals surface area contributed by atoms with E-state index in [0.29, 0.717) is 11.2 Å². The zero-order valence-corrected chi connectivity index (χ0v) is 10.5. The number of anilines is 1. The second-order valence-corrected chi connectivity index (χ2v) is 4.12. The zero-order chi connectivity index (χ0) is 13.3. The number of nitrogens with zero attached hydrogens (tertiary/aromatic N) is 4. The predicted molar refractivity (Wildman–Crippen MR) is 65.3 cm³/mol. The fourth-order valence-corrected chi connectivity index (χ4v) is 1.69. The largest absolute Gasteiger partial charge is 0.308 e. The van der Waals surface area contributed by atoms with Crippen molar-refractivity contribution in [1.82, 2.24) is 19.5 Å². The molecule has 0 aliphatic rings. The lowest BCUT2D eigenvalue weighted by Gasteiger charge is -2.03. The molecule has 1 N–H and O–H groups in total. The van der Waals surface area contributed by atoms with Crippen molar-refractivity contribution < 1.29 is 9.59 Å². The van der Waals surface area contributed by atoms with Crippen molar-refractivity contribution in [3.8, 4) is 0 Å². The molecule has 0 fully saturated rings. The van der Waals surface area contributed by atoms with Crippen LogP contribution in [0.2, 0.25) is 5.15 Å². The van der Waals surface area contributed by atoms with Gasteiger partial charge in [0.1, 0.15) is 11.3 Å². The lowest BCUT2D eigenvalue weighted by molar-refractivity contribution is -0.117. The maximum absolute atomic E-state index is 11.1. The molecule has 0 saturated carbocycles. The second kappa shape index (κ2) is 4.69. The number of fused-ring (bicyclic) bond motifs is 1. The summed E-state index contributed by atoms with van der Waals surface area (Å²) in [4.78, 5) is 34.1. The van der Waals surface area contributed by atoms with E-state index in [2.05, 4.69) is 20.3 Å². The molecule has 2 aromatic rings. The highest BCUT2D eigenvalue weighted by Gasteiger charge is 2.13. The molecule has 18 heavy (non-hydrogen) atoms. The summed E-state index contributed by atoms with van der Waals surface area (Å²) in [5.74, 6) is -0.251. The normalized spacial score (nSPS) is 10.6. The molecule has 2 rings (SSSR count). The van der Waals surface area contributed by atoms with Crippen LogP contribution in [0.15, 0.2) is 6.33 Å². The molecule has 0 unspecified atom stereocenters. The van der Waals surface area contributed by atoms with Gasteiger partial charge in [-0.2, -0.15) is 9.97 Å². The van der Waals surface area contributed by atoms with Crippen molar-refractivity contribution in [3.05, 3.63) is 11.5 Å². The van der Waals surface area contributed by atoms with Gasteiger partial charge in [-0.25, -0.2) is 4.98 Å². The Hall–Kier alpha value is -2.02. The Morgan fingerprint density at radius 2 is 2.11 bits per heavy atom. The predicted octanol–water partition coefficient (Wildman–Crippen LogP) is 1.03. The third kappa shape index (κ3) is 2.45. The molecule has 94 valence electrons. The third-order valence-electron chi connectivity index (χ3n) is 2.10. The minimum atomic E-state index is -0.303. The molecule has 2 aromatic heterocycles. The average molecular weight is 268 g/mol. The summed E-state index contributed by atoms with van der Waals surface area (Å²) in [6.07, 6.45) is 1.46. The maximum Gasteiger partial charge on any atom is 0.232 e. The van der Waals surface area contributed by atoms with Gasteiger partial charge in [-0.3, -0.25) is 14.9 Å². The van der Waals surface area contributed by atoms with Gasteiger partial charge in [0, 0.05) is 6.92 Å². The van der Waals surface area contributed by atoms with E-state index >= 15 is 0 Å². The highest BCUT2D eigenvalue weighted by atomic mass is 35.5. The number of halogens is 1. The van der Waals surface area contributed by atoms with Crippen LogP contribution in [-0.4, -0.2) is 31.2 Å². The van der Waals surface area contributed by atoms with Crippen molar-refractivity contribution in [3.63, 3.8) is 0 Å². The number of amides is 1. The topological polar surface area (TPSA) is 89.8 Å². The number of aromatic nitrogens is 4. The molecule has 8 heteroatoms. The number of imidazole rings is 1. The van der Waals surface area contributed by atoms with Gasteiger partial charge in [0.15, 0.2) is 10.8 Å².